The molecule has 1 unspecified atom stereocenters. The highest BCUT2D eigenvalue weighted by atomic mass is 16.5. The molecule has 32 heavy (non-hydrogen) atoms. The van der Waals surface area contributed by atoms with E-state index in [-0.39, 0.29) is 6.61 Å². The summed E-state index contributed by atoms with van der Waals surface area (Å²) in [5, 5.41) is 22.2. The van der Waals surface area contributed by atoms with Gasteiger partial charge in [-0.25, -0.2) is 4.98 Å². The van der Waals surface area contributed by atoms with Crippen molar-refractivity contribution in [3.05, 3.63) is 66.9 Å². The molecule has 166 valence electrons. The molecule has 0 aliphatic carbocycles. The fourth-order valence-corrected chi connectivity index (χ4v) is 3.14. The second-order valence-corrected chi connectivity index (χ2v) is 7.51. The van der Waals surface area contributed by atoms with Crippen LogP contribution in [-0.2, 0) is 0 Å². The molecular weight excluding hydrogens is 404 g/mol. The van der Waals surface area contributed by atoms with Crippen LogP contribution in [0.25, 0.3) is 0 Å². The molecule has 0 spiro atoms. The Labute approximate surface area is 188 Å². The summed E-state index contributed by atoms with van der Waals surface area (Å²) in [4.78, 5) is 12.9. The molecule has 0 aliphatic heterocycles. The lowest BCUT2D eigenvalue weighted by atomic mass is 10.2. The van der Waals surface area contributed by atoms with Crippen molar-refractivity contribution in [2.24, 2.45) is 0 Å². The zero-order valence-corrected chi connectivity index (χ0v) is 18.3. The molecule has 1 heterocycles. The van der Waals surface area contributed by atoms with E-state index in [0.717, 1.165) is 11.4 Å². The topological polar surface area (TPSA) is 97.5 Å². The van der Waals surface area contributed by atoms with Gasteiger partial charge in [-0.3, -0.25) is 0 Å². The number of hydrogen-bond donors (Lipinski definition) is 2. The molecule has 0 saturated heterocycles. The maximum Gasteiger partial charge on any atom is 0.229 e. The first kappa shape index (κ1) is 23.0. The average Bonchev–Trinajstić information content (AvgIpc) is 2.79. The molecule has 3 rings (SSSR count). The lowest BCUT2D eigenvalue weighted by Crippen LogP contribution is -2.30. The van der Waals surface area contributed by atoms with Crippen LogP contribution in [0.1, 0.15) is 6.42 Å². The number of anilines is 4. The number of nitrogens with one attached hydrogen (secondary N) is 1. The Morgan fingerprint density at radius 3 is 2.53 bits per heavy atom. The molecule has 8 heteroatoms. The Bertz CT molecular complexity index is 1010. The lowest BCUT2D eigenvalue weighted by Gasteiger charge is -2.23. The van der Waals surface area contributed by atoms with E-state index in [1.165, 1.54) is 0 Å². The summed E-state index contributed by atoms with van der Waals surface area (Å²) in [5.74, 6) is 1.84. The van der Waals surface area contributed by atoms with Crippen molar-refractivity contribution in [3.8, 4) is 11.8 Å². The normalized spacial score (nSPS) is 11.6. The van der Waals surface area contributed by atoms with E-state index in [9.17, 15) is 5.11 Å². The van der Waals surface area contributed by atoms with Gasteiger partial charge in [-0.15, -0.1) is 0 Å². The zero-order chi connectivity index (χ0) is 22.8. The molecule has 0 fully saturated rings. The van der Waals surface area contributed by atoms with E-state index < -0.39 is 6.10 Å². The van der Waals surface area contributed by atoms with Crippen molar-refractivity contribution >= 4 is 23.1 Å². The lowest BCUT2D eigenvalue weighted by molar-refractivity contribution is 0.0831. The van der Waals surface area contributed by atoms with Crippen LogP contribution in [0.3, 0.4) is 0 Å². The minimum Gasteiger partial charge on any atom is -0.491 e. The fourth-order valence-electron chi connectivity index (χ4n) is 3.14. The first-order chi connectivity index (χ1) is 15.5. The summed E-state index contributed by atoms with van der Waals surface area (Å²) in [5.41, 5.74) is 1.77. The van der Waals surface area contributed by atoms with Crippen molar-refractivity contribution in [2.75, 3.05) is 44.0 Å². The number of likely N-dealkylation sites (N-methyl/N-ethyl adjacent to an activating group) is 1. The van der Waals surface area contributed by atoms with E-state index in [1.54, 1.807) is 6.20 Å². The van der Waals surface area contributed by atoms with E-state index in [1.807, 2.05) is 84.6 Å². The molecule has 2 aromatic carbocycles. The van der Waals surface area contributed by atoms with Gasteiger partial charge in [0.15, 0.2) is 0 Å². The average molecular weight is 433 g/mol. The van der Waals surface area contributed by atoms with Gasteiger partial charge in [-0.05, 0) is 56.6 Å². The molecule has 1 atom stereocenters. The van der Waals surface area contributed by atoms with Crippen molar-refractivity contribution in [1.29, 1.82) is 5.26 Å². The number of nitriles is 1. The number of ether oxygens (including phenoxy) is 1. The fraction of sp³-hybridized carbons (Fsp3) is 0.292. The third-order valence-electron chi connectivity index (χ3n) is 4.56. The third-order valence-corrected chi connectivity index (χ3v) is 4.56. The van der Waals surface area contributed by atoms with Crippen LogP contribution in [0.4, 0.5) is 23.1 Å². The van der Waals surface area contributed by atoms with Gasteiger partial charge < -0.3 is 25.0 Å². The number of rotatable bonds is 11. The van der Waals surface area contributed by atoms with Crippen molar-refractivity contribution in [2.45, 2.75) is 12.5 Å². The summed E-state index contributed by atoms with van der Waals surface area (Å²) < 4.78 is 5.64. The molecule has 8 nitrogen and oxygen atoms in total. The highest BCUT2D eigenvalue weighted by molar-refractivity contribution is 5.62. The number of benzene rings is 2. The number of aliphatic hydroxyl groups excluding tert-OH is 1. The predicted molar refractivity (Wildman–Crippen MR) is 125 cm³/mol. The molecular formula is C24H28N6O2. The van der Waals surface area contributed by atoms with E-state index in [4.69, 9.17) is 10.00 Å². The standard InChI is InChI=1S/C24H28N6O2/c1-29(2)17-21(31)18-32-22-11-9-19(10-12-22)27-24-26-15-13-23(28-24)30(16-6-14-25)20-7-4-3-5-8-20/h3-5,7-13,15,21,31H,6,16-18H2,1-2H3,(H,26,27,28). The van der Waals surface area contributed by atoms with Gasteiger partial charge in [0, 0.05) is 30.7 Å². The Balaban J connectivity index is 1.67. The highest BCUT2D eigenvalue weighted by Crippen LogP contribution is 2.25. The quantitative estimate of drug-likeness (QED) is 0.475. The summed E-state index contributed by atoms with van der Waals surface area (Å²) in [6.45, 7) is 1.30. The second kappa shape index (κ2) is 11.6. The monoisotopic (exact) mass is 432 g/mol. The van der Waals surface area contributed by atoms with Gasteiger partial charge in [0.25, 0.3) is 0 Å². The van der Waals surface area contributed by atoms with Crippen LogP contribution in [0.5, 0.6) is 5.75 Å². The SMILES string of the molecule is CN(C)CC(O)COc1ccc(Nc2nccc(N(CCC#N)c3ccccc3)n2)cc1. The van der Waals surface area contributed by atoms with E-state index in [0.29, 0.717) is 37.0 Å². The van der Waals surface area contributed by atoms with Gasteiger partial charge in [0.2, 0.25) is 5.95 Å². The predicted octanol–water partition coefficient (Wildman–Crippen LogP) is 3.57. The van der Waals surface area contributed by atoms with E-state index in [2.05, 4.69) is 21.4 Å². The Morgan fingerprint density at radius 2 is 1.84 bits per heavy atom. The largest absolute Gasteiger partial charge is 0.491 e. The Morgan fingerprint density at radius 1 is 1.09 bits per heavy atom. The number of para-hydroxylation sites is 1. The number of nitrogens with zero attached hydrogens (tertiary/aromatic N) is 5. The highest BCUT2D eigenvalue weighted by Gasteiger charge is 2.12. The van der Waals surface area contributed by atoms with Crippen molar-refractivity contribution < 1.29 is 9.84 Å². The Hall–Kier alpha value is -3.67. The van der Waals surface area contributed by atoms with E-state index >= 15 is 0 Å². The molecule has 1 aromatic heterocycles. The molecule has 0 saturated carbocycles. The first-order valence-corrected chi connectivity index (χ1v) is 10.4. The van der Waals surface area contributed by atoms with Gasteiger partial charge >= 0.3 is 0 Å². The Kier molecular flexibility index (Phi) is 8.37. The number of hydrogen-bond acceptors (Lipinski definition) is 8. The minimum atomic E-state index is -0.549. The van der Waals surface area contributed by atoms with Crippen LogP contribution in [0, 0.1) is 11.3 Å². The summed E-state index contributed by atoms with van der Waals surface area (Å²) >= 11 is 0. The summed E-state index contributed by atoms with van der Waals surface area (Å²) in [6.07, 6.45) is 1.52. The van der Waals surface area contributed by atoms with Crippen molar-refractivity contribution in [3.63, 3.8) is 0 Å². The molecule has 3 aromatic rings. The third kappa shape index (κ3) is 6.94. The molecule has 2 N–H and O–H groups in total. The summed E-state index contributed by atoms with van der Waals surface area (Å²) in [6, 6.07) is 21.3. The van der Waals surface area contributed by atoms with Gasteiger partial charge in [-0.1, -0.05) is 18.2 Å². The molecule has 0 radical (unpaired) electrons. The van der Waals surface area contributed by atoms with Gasteiger partial charge in [0.05, 0.1) is 12.5 Å². The smallest absolute Gasteiger partial charge is 0.229 e. The maximum atomic E-state index is 9.92. The number of aromatic nitrogens is 2. The number of aliphatic hydroxyl groups is 1. The van der Waals surface area contributed by atoms with Crippen LogP contribution < -0.4 is 15.0 Å². The van der Waals surface area contributed by atoms with Crippen molar-refractivity contribution in [1.82, 2.24) is 14.9 Å². The molecule has 0 amide bonds. The van der Waals surface area contributed by atoms with Crippen LogP contribution >= 0.6 is 0 Å². The van der Waals surface area contributed by atoms with Gasteiger partial charge in [0.1, 0.15) is 24.3 Å². The van der Waals surface area contributed by atoms with Crippen LogP contribution in [0.15, 0.2) is 66.9 Å². The first-order valence-electron chi connectivity index (χ1n) is 10.4. The van der Waals surface area contributed by atoms with Gasteiger partial charge in [-0.2, -0.15) is 10.2 Å². The minimum absolute atomic E-state index is 0.230. The summed E-state index contributed by atoms with van der Waals surface area (Å²) in [7, 11) is 3.81. The van der Waals surface area contributed by atoms with Crippen LogP contribution in [0.2, 0.25) is 0 Å². The molecule has 0 aliphatic rings. The van der Waals surface area contributed by atoms with Crippen LogP contribution in [-0.4, -0.2) is 59.9 Å². The maximum absolute atomic E-state index is 9.92. The second-order valence-electron chi connectivity index (χ2n) is 7.51. The zero-order valence-electron chi connectivity index (χ0n) is 18.3. The molecule has 0 bridgehead atoms.